The van der Waals surface area contributed by atoms with Gasteiger partial charge in [-0.3, -0.25) is 4.79 Å². The highest BCUT2D eigenvalue weighted by Crippen LogP contribution is 2.19. The summed E-state index contributed by atoms with van der Waals surface area (Å²) >= 11 is 3.12. The molecular formula is C17H12BrFN2O3. The van der Waals surface area contributed by atoms with E-state index in [2.05, 4.69) is 21.2 Å². The molecule has 0 saturated heterocycles. The van der Waals surface area contributed by atoms with E-state index in [-0.39, 0.29) is 11.3 Å². The number of nitrogens with one attached hydrogen (secondary N) is 1. The molecule has 0 aliphatic rings. The number of rotatable bonds is 4. The Hall–Kier alpha value is -2.72. The Morgan fingerprint density at radius 2 is 2.04 bits per heavy atom. The number of esters is 1. The lowest BCUT2D eigenvalue weighted by Crippen LogP contribution is -2.30. The standard InChI is InChI=1S/C17H12BrFN2O3/c1-10(16(22)21-15-6-5-13(18)8-14(15)19)24-17(23)12-4-2-3-11(7-12)9-20/h2-8,10H,1H3,(H,21,22)/t10-/m0/s1. The molecule has 0 aliphatic heterocycles. The molecule has 0 saturated carbocycles. The molecule has 2 aromatic rings. The van der Waals surface area contributed by atoms with E-state index in [1.807, 2.05) is 6.07 Å². The van der Waals surface area contributed by atoms with Crippen molar-refractivity contribution in [2.24, 2.45) is 0 Å². The van der Waals surface area contributed by atoms with Crippen LogP contribution < -0.4 is 5.32 Å². The molecule has 0 bridgehead atoms. The van der Waals surface area contributed by atoms with Crippen molar-refractivity contribution in [3.63, 3.8) is 0 Å². The summed E-state index contributed by atoms with van der Waals surface area (Å²) < 4.78 is 19.3. The predicted octanol–water partition coefficient (Wildman–Crippen LogP) is 3.64. The van der Waals surface area contributed by atoms with Gasteiger partial charge in [0.05, 0.1) is 22.9 Å². The SMILES string of the molecule is C[C@H](OC(=O)c1cccc(C#N)c1)C(=O)Nc1ccc(Br)cc1F. The maximum Gasteiger partial charge on any atom is 0.338 e. The number of nitrogens with zero attached hydrogens (tertiary/aromatic N) is 1. The van der Waals surface area contributed by atoms with Crippen molar-refractivity contribution in [1.82, 2.24) is 0 Å². The zero-order valence-corrected chi connectivity index (χ0v) is 14.1. The number of ether oxygens (including phenoxy) is 1. The van der Waals surface area contributed by atoms with Gasteiger partial charge in [-0.1, -0.05) is 22.0 Å². The molecule has 1 amide bonds. The molecule has 0 radical (unpaired) electrons. The number of hydrogen-bond acceptors (Lipinski definition) is 4. The van der Waals surface area contributed by atoms with Crippen molar-refractivity contribution in [3.8, 4) is 6.07 Å². The van der Waals surface area contributed by atoms with Crippen molar-refractivity contribution in [3.05, 3.63) is 63.9 Å². The smallest absolute Gasteiger partial charge is 0.338 e. The van der Waals surface area contributed by atoms with Crippen molar-refractivity contribution < 1.29 is 18.7 Å². The highest BCUT2D eigenvalue weighted by Gasteiger charge is 2.20. The van der Waals surface area contributed by atoms with Crippen LogP contribution in [0.5, 0.6) is 0 Å². The van der Waals surface area contributed by atoms with E-state index in [9.17, 15) is 14.0 Å². The van der Waals surface area contributed by atoms with Crippen LogP contribution in [0.15, 0.2) is 46.9 Å². The average Bonchev–Trinajstić information content (AvgIpc) is 2.57. The molecule has 0 aliphatic carbocycles. The van der Waals surface area contributed by atoms with E-state index in [1.165, 1.54) is 37.3 Å². The van der Waals surface area contributed by atoms with Gasteiger partial charge in [-0.15, -0.1) is 0 Å². The Balaban J connectivity index is 2.03. The van der Waals surface area contributed by atoms with E-state index >= 15 is 0 Å². The van der Waals surface area contributed by atoms with Crippen LogP contribution in [0.1, 0.15) is 22.8 Å². The van der Waals surface area contributed by atoms with E-state index in [0.717, 1.165) is 0 Å². The lowest BCUT2D eigenvalue weighted by Gasteiger charge is -2.14. The maximum absolute atomic E-state index is 13.7. The van der Waals surface area contributed by atoms with E-state index in [0.29, 0.717) is 10.0 Å². The number of benzene rings is 2. The van der Waals surface area contributed by atoms with Crippen LogP contribution in [-0.4, -0.2) is 18.0 Å². The van der Waals surface area contributed by atoms with E-state index in [4.69, 9.17) is 10.00 Å². The third-order valence-electron chi connectivity index (χ3n) is 3.07. The summed E-state index contributed by atoms with van der Waals surface area (Å²) in [5.41, 5.74) is 0.444. The number of hydrogen-bond donors (Lipinski definition) is 1. The predicted molar refractivity (Wildman–Crippen MR) is 88.8 cm³/mol. The van der Waals surface area contributed by atoms with Crippen LogP contribution in [0.3, 0.4) is 0 Å². The van der Waals surface area contributed by atoms with Crippen LogP contribution in [0.4, 0.5) is 10.1 Å². The lowest BCUT2D eigenvalue weighted by atomic mass is 10.1. The number of carbonyl (C=O) groups excluding carboxylic acids is 2. The van der Waals surface area contributed by atoms with Crippen LogP contribution in [0.25, 0.3) is 0 Å². The molecule has 2 rings (SSSR count). The van der Waals surface area contributed by atoms with Gasteiger partial charge < -0.3 is 10.1 Å². The fourth-order valence-electron chi connectivity index (χ4n) is 1.82. The Bertz CT molecular complexity index is 833. The molecule has 0 heterocycles. The number of carbonyl (C=O) groups is 2. The highest BCUT2D eigenvalue weighted by molar-refractivity contribution is 9.10. The van der Waals surface area contributed by atoms with Crippen molar-refractivity contribution in [2.45, 2.75) is 13.0 Å². The summed E-state index contributed by atoms with van der Waals surface area (Å²) in [5.74, 6) is -2.02. The van der Waals surface area contributed by atoms with Gasteiger partial charge in [-0.25, -0.2) is 9.18 Å². The monoisotopic (exact) mass is 390 g/mol. The van der Waals surface area contributed by atoms with Gasteiger partial charge in [-0.2, -0.15) is 5.26 Å². The molecule has 1 atom stereocenters. The molecule has 122 valence electrons. The highest BCUT2D eigenvalue weighted by atomic mass is 79.9. The minimum atomic E-state index is -1.13. The third kappa shape index (κ3) is 4.40. The molecule has 5 nitrogen and oxygen atoms in total. The van der Waals surface area contributed by atoms with Crippen LogP contribution in [-0.2, 0) is 9.53 Å². The Morgan fingerprint density at radius 3 is 2.71 bits per heavy atom. The quantitative estimate of drug-likeness (QED) is 0.808. The largest absolute Gasteiger partial charge is 0.449 e. The van der Waals surface area contributed by atoms with Crippen molar-refractivity contribution in [1.29, 1.82) is 5.26 Å². The second-order valence-electron chi connectivity index (χ2n) is 4.85. The summed E-state index contributed by atoms with van der Waals surface area (Å²) in [6.45, 7) is 1.37. The molecular weight excluding hydrogens is 379 g/mol. The molecule has 0 spiro atoms. The minimum Gasteiger partial charge on any atom is -0.449 e. The lowest BCUT2D eigenvalue weighted by molar-refractivity contribution is -0.123. The molecule has 2 aromatic carbocycles. The molecule has 0 aromatic heterocycles. The van der Waals surface area contributed by atoms with Gasteiger partial charge in [0.2, 0.25) is 0 Å². The van der Waals surface area contributed by atoms with Gasteiger partial charge in [0.15, 0.2) is 6.10 Å². The minimum absolute atomic E-state index is 0.0161. The first kappa shape index (κ1) is 17.6. The normalized spacial score (nSPS) is 11.2. The van der Waals surface area contributed by atoms with Crippen molar-refractivity contribution in [2.75, 3.05) is 5.32 Å². The molecule has 0 unspecified atom stereocenters. The second kappa shape index (κ2) is 7.70. The van der Waals surface area contributed by atoms with Crippen LogP contribution in [0, 0.1) is 17.1 Å². The topological polar surface area (TPSA) is 79.2 Å². The number of halogens is 2. The first-order valence-corrected chi connectivity index (χ1v) is 7.67. The molecule has 24 heavy (non-hydrogen) atoms. The molecule has 0 fully saturated rings. The average molecular weight is 391 g/mol. The molecule has 1 N–H and O–H groups in total. The summed E-state index contributed by atoms with van der Waals surface area (Å²) in [6.07, 6.45) is -1.13. The fraction of sp³-hybridized carbons (Fsp3) is 0.118. The van der Waals surface area contributed by atoms with E-state index < -0.39 is 23.8 Å². The van der Waals surface area contributed by atoms with Gasteiger partial charge in [0.25, 0.3) is 5.91 Å². The van der Waals surface area contributed by atoms with Gasteiger partial charge in [-0.05, 0) is 43.3 Å². The summed E-state index contributed by atoms with van der Waals surface area (Å²) in [4.78, 5) is 24.0. The Labute approximate surface area is 146 Å². The van der Waals surface area contributed by atoms with Crippen LogP contribution in [0.2, 0.25) is 0 Å². The van der Waals surface area contributed by atoms with Gasteiger partial charge >= 0.3 is 5.97 Å². The van der Waals surface area contributed by atoms with Crippen LogP contribution >= 0.6 is 15.9 Å². The Morgan fingerprint density at radius 1 is 1.29 bits per heavy atom. The summed E-state index contributed by atoms with van der Waals surface area (Å²) in [6, 6.07) is 12.0. The number of nitriles is 1. The van der Waals surface area contributed by atoms with Gasteiger partial charge in [0, 0.05) is 4.47 Å². The number of amides is 1. The zero-order chi connectivity index (χ0) is 17.7. The first-order chi connectivity index (χ1) is 11.4. The number of anilines is 1. The third-order valence-corrected chi connectivity index (χ3v) is 3.56. The van der Waals surface area contributed by atoms with Gasteiger partial charge in [0.1, 0.15) is 5.82 Å². The maximum atomic E-state index is 13.7. The molecule has 7 heteroatoms. The summed E-state index contributed by atoms with van der Waals surface area (Å²) in [5, 5.41) is 11.2. The first-order valence-electron chi connectivity index (χ1n) is 6.88. The van der Waals surface area contributed by atoms with E-state index in [1.54, 1.807) is 12.1 Å². The zero-order valence-electron chi connectivity index (χ0n) is 12.5. The fourth-order valence-corrected chi connectivity index (χ4v) is 2.16. The van der Waals surface area contributed by atoms with Crippen molar-refractivity contribution >= 4 is 33.5 Å². The summed E-state index contributed by atoms with van der Waals surface area (Å²) in [7, 11) is 0. The second-order valence-corrected chi connectivity index (χ2v) is 5.77. The Kier molecular flexibility index (Phi) is 5.66.